The second-order valence-electron chi connectivity index (χ2n) is 11.4. The second kappa shape index (κ2) is 14.5. The molecular weight excluding hydrogens is 590 g/mol. The van der Waals surface area contributed by atoms with E-state index >= 15 is 0 Å². The van der Waals surface area contributed by atoms with Crippen molar-refractivity contribution in [3.8, 4) is 0 Å². The molecule has 1 amide bonds. The fourth-order valence-electron chi connectivity index (χ4n) is 5.82. The molecule has 3 aliphatic rings. The van der Waals surface area contributed by atoms with Gasteiger partial charge in [0.25, 0.3) is 0 Å². The van der Waals surface area contributed by atoms with Gasteiger partial charge in [-0.05, 0) is 25.2 Å². The molecule has 44 heavy (non-hydrogen) atoms. The normalized spacial score (nSPS) is 34.3. The van der Waals surface area contributed by atoms with Gasteiger partial charge in [0.2, 0.25) is 0 Å². The third-order valence-corrected chi connectivity index (χ3v) is 7.75. The number of hydrogen-bond donors (Lipinski definition) is 1. The second-order valence-corrected chi connectivity index (χ2v) is 11.4. The smallest absolute Gasteiger partial charge is 0.405 e. The minimum Gasteiger partial charge on any atom is -0.463 e. The molecule has 2 saturated heterocycles. The van der Waals surface area contributed by atoms with Crippen LogP contribution < -0.4 is 5.73 Å². The van der Waals surface area contributed by atoms with Crippen molar-refractivity contribution in [3.05, 3.63) is 0 Å². The maximum atomic E-state index is 12.3. The van der Waals surface area contributed by atoms with Crippen LogP contribution in [0.5, 0.6) is 0 Å². The Labute approximate surface area is 254 Å². The fraction of sp³-hybridized carbons (Fsp3) is 0.786. The standard InChI is InChI=1S/C28H41NO15/c1-12-19(21(39-15(4)32)23(40-16(5)33)25(37-12)28(7)9-8-10-28)43-26-24(41-17(6)34)22(44-27(29)35)20(38-14(3)31)18(42-26)11-36-13(2)30/h12,18-26H,8-11H2,1-7H3,(H2,29,35)/t12?,18-,19-,20-,21-,22+,23+,24+,25-,26-/m1/s1. The lowest BCUT2D eigenvalue weighted by atomic mass is 9.63. The van der Waals surface area contributed by atoms with Gasteiger partial charge in [0.1, 0.15) is 24.9 Å². The van der Waals surface area contributed by atoms with Crippen LogP contribution in [0.1, 0.15) is 67.7 Å². The van der Waals surface area contributed by atoms with E-state index < -0.39 is 104 Å². The first-order valence-electron chi connectivity index (χ1n) is 14.3. The van der Waals surface area contributed by atoms with Crippen molar-refractivity contribution in [2.24, 2.45) is 11.1 Å². The van der Waals surface area contributed by atoms with Crippen molar-refractivity contribution in [1.82, 2.24) is 0 Å². The number of ether oxygens (including phenoxy) is 9. The Balaban J connectivity index is 2.06. The number of amides is 1. The Morgan fingerprint density at radius 1 is 0.682 bits per heavy atom. The Morgan fingerprint density at radius 3 is 1.66 bits per heavy atom. The van der Waals surface area contributed by atoms with Crippen LogP contribution in [0.25, 0.3) is 0 Å². The molecule has 0 aromatic rings. The molecule has 10 atom stereocenters. The van der Waals surface area contributed by atoms with E-state index in [0.717, 1.165) is 40.0 Å². The molecule has 2 aliphatic heterocycles. The van der Waals surface area contributed by atoms with Crippen LogP contribution in [0.2, 0.25) is 0 Å². The van der Waals surface area contributed by atoms with E-state index in [1.54, 1.807) is 6.92 Å². The van der Waals surface area contributed by atoms with Crippen LogP contribution in [-0.4, -0.2) is 104 Å². The SMILES string of the molecule is CC(=O)OC[C@H]1O[C@H](O[C@@H]2C(C)O[C@@H](C3(C)CCC3)[C@@H](OC(C)=O)[C@@H]2OC(C)=O)[C@@H](OC(C)=O)[C@@H](OC(N)=O)[C@@H]1OC(C)=O. The zero-order chi connectivity index (χ0) is 32.9. The van der Waals surface area contributed by atoms with Gasteiger partial charge in [0, 0.05) is 34.6 Å². The Morgan fingerprint density at radius 2 is 1.18 bits per heavy atom. The third kappa shape index (κ3) is 8.57. The summed E-state index contributed by atoms with van der Waals surface area (Å²) in [6.45, 7) is 8.80. The molecular formula is C28H41NO15. The first kappa shape index (κ1) is 35.0. The molecule has 16 heteroatoms. The Bertz CT molecular complexity index is 1110. The van der Waals surface area contributed by atoms with Crippen LogP contribution in [-0.2, 0) is 66.6 Å². The zero-order valence-electron chi connectivity index (χ0n) is 25.8. The molecule has 0 aromatic carbocycles. The molecule has 1 unspecified atom stereocenters. The summed E-state index contributed by atoms with van der Waals surface area (Å²) < 4.78 is 51.1. The number of esters is 5. The van der Waals surface area contributed by atoms with Crippen LogP contribution in [0.3, 0.4) is 0 Å². The molecule has 1 saturated carbocycles. The molecule has 3 rings (SSSR count). The number of carbonyl (C=O) groups is 6. The molecule has 3 fully saturated rings. The van der Waals surface area contributed by atoms with Crippen molar-refractivity contribution >= 4 is 35.9 Å². The first-order valence-corrected chi connectivity index (χ1v) is 14.3. The van der Waals surface area contributed by atoms with Crippen molar-refractivity contribution in [2.75, 3.05) is 6.61 Å². The summed E-state index contributed by atoms with van der Waals surface area (Å²) in [6, 6.07) is 0. The predicted molar refractivity (Wildman–Crippen MR) is 143 cm³/mol. The zero-order valence-corrected chi connectivity index (χ0v) is 25.8. The highest BCUT2D eigenvalue weighted by Gasteiger charge is 2.59. The molecule has 1 aliphatic carbocycles. The third-order valence-electron chi connectivity index (χ3n) is 7.75. The Kier molecular flexibility index (Phi) is 11.5. The van der Waals surface area contributed by atoms with Crippen molar-refractivity contribution in [3.63, 3.8) is 0 Å². The largest absolute Gasteiger partial charge is 0.463 e. The van der Waals surface area contributed by atoms with Gasteiger partial charge in [-0.15, -0.1) is 0 Å². The van der Waals surface area contributed by atoms with Crippen molar-refractivity contribution in [2.45, 2.75) is 129 Å². The van der Waals surface area contributed by atoms with E-state index in [4.69, 9.17) is 48.4 Å². The number of carbonyl (C=O) groups excluding carboxylic acids is 6. The van der Waals surface area contributed by atoms with Crippen molar-refractivity contribution in [1.29, 1.82) is 0 Å². The van der Waals surface area contributed by atoms with Crippen LogP contribution >= 0.6 is 0 Å². The van der Waals surface area contributed by atoms with Gasteiger partial charge >= 0.3 is 35.9 Å². The monoisotopic (exact) mass is 631 g/mol. The summed E-state index contributed by atoms with van der Waals surface area (Å²) >= 11 is 0. The maximum absolute atomic E-state index is 12.3. The minimum atomic E-state index is -1.63. The lowest BCUT2D eigenvalue weighted by molar-refractivity contribution is -0.346. The van der Waals surface area contributed by atoms with E-state index in [-0.39, 0.29) is 5.41 Å². The highest BCUT2D eigenvalue weighted by atomic mass is 16.8. The number of nitrogens with two attached hydrogens (primary N) is 1. The van der Waals surface area contributed by atoms with Gasteiger partial charge in [0.05, 0.1) is 6.10 Å². The van der Waals surface area contributed by atoms with E-state index in [2.05, 4.69) is 0 Å². The number of rotatable bonds is 10. The van der Waals surface area contributed by atoms with Crippen LogP contribution in [0.4, 0.5) is 4.79 Å². The summed E-state index contributed by atoms with van der Waals surface area (Å²) in [5.41, 5.74) is 4.93. The summed E-state index contributed by atoms with van der Waals surface area (Å²) in [5, 5.41) is 0. The molecule has 2 N–H and O–H groups in total. The van der Waals surface area contributed by atoms with E-state index in [1.807, 2.05) is 6.92 Å². The summed E-state index contributed by atoms with van der Waals surface area (Å²) in [4.78, 5) is 72.4. The van der Waals surface area contributed by atoms with E-state index in [0.29, 0.717) is 0 Å². The molecule has 0 radical (unpaired) electrons. The Hall–Kier alpha value is -3.50. The molecule has 0 bridgehead atoms. The molecule has 16 nitrogen and oxygen atoms in total. The van der Waals surface area contributed by atoms with E-state index in [9.17, 15) is 28.8 Å². The average molecular weight is 632 g/mol. The topological polar surface area (TPSA) is 212 Å². The lowest BCUT2D eigenvalue weighted by Crippen LogP contribution is -2.68. The molecule has 0 spiro atoms. The highest BCUT2D eigenvalue weighted by Crippen LogP contribution is 2.49. The molecule has 2 heterocycles. The summed E-state index contributed by atoms with van der Waals surface area (Å²) in [6.07, 6.45) is -11.4. The van der Waals surface area contributed by atoms with Crippen LogP contribution in [0, 0.1) is 5.41 Å². The van der Waals surface area contributed by atoms with Gasteiger partial charge in [-0.1, -0.05) is 13.3 Å². The quantitative estimate of drug-likeness (QED) is 0.261. The van der Waals surface area contributed by atoms with Gasteiger partial charge in [-0.25, -0.2) is 4.79 Å². The maximum Gasteiger partial charge on any atom is 0.405 e. The number of hydrogen-bond acceptors (Lipinski definition) is 15. The minimum absolute atomic E-state index is 0.383. The molecule has 0 aromatic heterocycles. The van der Waals surface area contributed by atoms with Gasteiger partial charge < -0.3 is 48.4 Å². The average Bonchev–Trinajstić information content (AvgIpc) is 2.86. The highest BCUT2D eigenvalue weighted by molar-refractivity contribution is 5.69. The lowest BCUT2D eigenvalue weighted by Gasteiger charge is -2.54. The summed E-state index contributed by atoms with van der Waals surface area (Å²) in [7, 11) is 0. The fourth-order valence-corrected chi connectivity index (χ4v) is 5.82. The number of primary amides is 1. The first-order chi connectivity index (χ1) is 20.5. The van der Waals surface area contributed by atoms with Crippen LogP contribution in [0.15, 0.2) is 0 Å². The molecule has 248 valence electrons. The van der Waals surface area contributed by atoms with Gasteiger partial charge in [0.15, 0.2) is 36.8 Å². The van der Waals surface area contributed by atoms with E-state index in [1.165, 1.54) is 13.8 Å². The summed E-state index contributed by atoms with van der Waals surface area (Å²) in [5.74, 6) is -3.73. The van der Waals surface area contributed by atoms with Crippen molar-refractivity contribution < 1.29 is 71.4 Å². The van der Waals surface area contributed by atoms with Gasteiger partial charge in [-0.3, -0.25) is 24.0 Å². The predicted octanol–water partition coefficient (Wildman–Crippen LogP) is 0.828. The van der Waals surface area contributed by atoms with Gasteiger partial charge in [-0.2, -0.15) is 0 Å².